The summed E-state index contributed by atoms with van der Waals surface area (Å²) in [6, 6.07) is 8.30. The number of rotatable bonds is 5. The highest BCUT2D eigenvalue weighted by Crippen LogP contribution is 2.19. The molecule has 0 saturated carbocycles. The van der Waals surface area contributed by atoms with Gasteiger partial charge in [0.25, 0.3) is 0 Å². The van der Waals surface area contributed by atoms with E-state index >= 15 is 0 Å². The smallest absolute Gasteiger partial charge is 0.408 e. The second-order valence-electron chi connectivity index (χ2n) is 4.97. The number of carboxylic acids is 1. The molecule has 1 heterocycles. The van der Waals surface area contributed by atoms with Crippen LogP contribution in [0.15, 0.2) is 30.3 Å². The molecule has 1 aliphatic rings. The molecule has 0 spiro atoms. The van der Waals surface area contributed by atoms with Gasteiger partial charge in [0.15, 0.2) is 0 Å². The molecular formula is C15H19NO5. The number of nitrogens with one attached hydrogen (secondary N) is 1. The second-order valence-corrected chi connectivity index (χ2v) is 4.97. The first-order valence-corrected chi connectivity index (χ1v) is 6.94. The number of hydrogen-bond donors (Lipinski definition) is 2. The van der Waals surface area contributed by atoms with E-state index in [2.05, 4.69) is 5.32 Å². The average Bonchev–Trinajstić information content (AvgIpc) is 2.52. The summed E-state index contributed by atoms with van der Waals surface area (Å²) in [5.74, 6) is -1.17. The minimum absolute atomic E-state index is 0.118. The Morgan fingerprint density at radius 3 is 2.57 bits per heavy atom. The molecule has 0 unspecified atom stereocenters. The van der Waals surface area contributed by atoms with Crippen LogP contribution < -0.4 is 5.32 Å². The molecule has 2 N–H and O–H groups in total. The number of ether oxygens (including phenoxy) is 2. The summed E-state index contributed by atoms with van der Waals surface area (Å²) < 4.78 is 10.3. The highest BCUT2D eigenvalue weighted by molar-refractivity contribution is 5.80. The van der Waals surface area contributed by atoms with E-state index < -0.39 is 18.1 Å². The summed E-state index contributed by atoms with van der Waals surface area (Å²) >= 11 is 0. The van der Waals surface area contributed by atoms with E-state index in [9.17, 15) is 14.7 Å². The molecule has 1 fully saturated rings. The predicted octanol–water partition coefficient (Wildman–Crippen LogP) is 1.79. The Balaban J connectivity index is 1.84. The molecule has 0 bridgehead atoms. The number of amides is 1. The zero-order valence-electron chi connectivity index (χ0n) is 11.7. The maximum absolute atomic E-state index is 11.7. The van der Waals surface area contributed by atoms with E-state index in [1.54, 1.807) is 0 Å². The maximum Gasteiger partial charge on any atom is 0.408 e. The number of hydrogen-bond acceptors (Lipinski definition) is 4. The molecule has 1 aliphatic heterocycles. The summed E-state index contributed by atoms with van der Waals surface area (Å²) in [5.41, 5.74) is 0.852. The third-order valence-electron chi connectivity index (χ3n) is 3.49. The lowest BCUT2D eigenvalue weighted by molar-refractivity contribution is -0.141. The van der Waals surface area contributed by atoms with Crippen LogP contribution in [0.2, 0.25) is 0 Å². The molecule has 114 valence electrons. The summed E-state index contributed by atoms with van der Waals surface area (Å²) in [5, 5.41) is 11.7. The van der Waals surface area contributed by atoms with Gasteiger partial charge in [0.1, 0.15) is 12.6 Å². The van der Waals surface area contributed by atoms with Gasteiger partial charge in [-0.3, -0.25) is 0 Å². The van der Waals surface area contributed by atoms with Gasteiger partial charge in [-0.05, 0) is 24.3 Å². The van der Waals surface area contributed by atoms with Crippen molar-refractivity contribution in [3.63, 3.8) is 0 Å². The Morgan fingerprint density at radius 2 is 1.95 bits per heavy atom. The minimum atomic E-state index is -1.04. The number of alkyl carbamates (subject to hydrolysis) is 1. The van der Waals surface area contributed by atoms with Crippen molar-refractivity contribution in [3.05, 3.63) is 35.9 Å². The van der Waals surface area contributed by atoms with Crippen LogP contribution in [0.5, 0.6) is 0 Å². The quantitative estimate of drug-likeness (QED) is 0.864. The van der Waals surface area contributed by atoms with Crippen molar-refractivity contribution >= 4 is 12.1 Å². The monoisotopic (exact) mass is 293 g/mol. The summed E-state index contributed by atoms with van der Waals surface area (Å²) in [6.07, 6.45) is 0.532. The molecule has 0 radical (unpaired) electrons. The van der Waals surface area contributed by atoms with Gasteiger partial charge in [0, 0.05) is 13.2 Å². The Hall–Kier alpha value is -2.08. The average molecular weight is 293 g/mol. The fourth-order valence-electron chi connectivity index (χ4n) is 2.32. The number of carboxylic acid groups (broad SMARTS) is 1. The highest BCUT2D eigenvalue weighted by atomic mass is 16.5. The van der Waals surface area contributed by atoms with E-state index in [1.165, 1.54) is 0 Å². The normalized spacial score (nSPS) is 17.0. The number of benzene rings is 1. The highest BCUT2D eigenvalue weighted by Gasteiger charge is 2.31. The summed E-state index contributed by atoms with van der Waals surface area (Å²) in [4.78, 5) is 23.0. The molecule has 0 aliphatic carbocycles. The molecule has 2 rings (SSSR count). The molecular weight excluding hydrogens is 274 g/mol. The number of carbonyl (C=O) groups excluding carboxylic acids is 1. The molecule has 1 aromatic carbocycles. The van der Waals surface area contributed by atoms with E-state index in [0.717, 1.165) is 5.56 Å². The minimum Gasteiger partial charge on any atom is -0.480 e. The van der Waals surface area contributed by atoms with Crippen molar-refractivity contribution in [3.8, 4) is 0 Å². The van der Waals surface area contributed by atoms with Gasteiger partial charge in [0.2, 0.25) is 0 Å². The van der Waals surface area contributed by atoms with E-state index in [-0.39, 0.29) is 12.5 Å². The molecule has 21 heavy (non-hydrogen) atoms. The third-order valence-corrected chi connectivity index (χ3v) is 3.49. The van der Waals surface area contributed by atoms with Gasteiger partial charge in [-0.1, -0.05) is 30.3 Å². The van der Waals surface area contributed by atoms with Gasteiger partial charge in [0.05, 0.1) is 0 Å². The van der Waals surface area contributed by atoms with Crippen molar-refractivity contribution in [2.24, 2.45) is 5.92 Å². The first kappa shape index (κ1) is 15.3. The van der Waals surface area contributed by atoms with Gasteiger partial charge < -0.3 is 19.9 Å². The van der Waals surface area contributed by atoms with Crippen LogP contribution in [-0.2, 0) is 20.9 Å². The zero-order chi connectivity index (χ0) is 15.1. The summed E-state index contributed by atoms with van der Waals surface area (Å²) in [7, 11) is 0. The Morgan fingerprint density at radius 1 is 1.29 bits per heavy atom. The lowest BCUT2D eigenvalue weighted by Gasteiger charge is -2.27. The summed E-state index contributed by atoms with van der Waals surface area (Å²) in [6.45, 7) is 1.16. The van der Waals surface area contributed by atoms with Crippen LogP contribution >= 0.6 is 0 Å². The number of carbonyl (C=O) groups is 2. The van der Waals surface area contributed by atoms with Crippen molar-refractivity contribution < 1.29 is 24.2 Å². The van der Waals surface area contributed by atoms with Gasteiger partial charge in [-0.2, -0.15) is 0 Å². The molecule has 1 aromatic rings. The largest absolute Gasteiger partial charge is 0.480 e. The molecule has 1 saturated heterocycles. The van der Waals surface area contributed by atoms with Gasteiger partial charge >= 0.3 is 12.1 Å². The third kappa shape index (κ3) is 4.75. The van der Waals surface area contributed by atoms with E-state index in [4.69, 9.17) is 9.47 Å². The van der Waals surface area contributed by atoms with E-state index in [1.807, 2.05) is 30.3 Å². The van der Waals surface area contributed by atoms with Crippen molar-refractivity contribution in [1.29, 1.82) is 0 Å². The van der Waals surface area contributed by atoms with E-state index in [0.29, 0.717) is 26.1 Å². The standard InChI is InChI=1S/C15H19NO5/c17-14(18)13(12-6-8-20-9-7-12)16-15(19)21-10-11-4-2-1-3-5-11/h1-5,12-13H,6-10H2,(H,16,19)(H,17,18)/t13-/m1/s1. The predicted molar refractivity (Wildman–Crippen MR) is 74.7 cm³/mol. The van der Waals surface area contributed by atoms with Crippen LogP contribution in [0.1, 0.15) is 18.4 Å². The molecule has 1 atom stereocenters. The fourth-order valence-corrected chi connectivity index (χ4v) is 2.32. The Kier molecular flexibility index (Phi) is 5.57. The number of aliphatic carboxylic acids is 1. The fraction of sp³-hybridized carbons (Fsp3) is 0.467. The van der Waals surface area contributed by atoms with Crippen molar-refractivity contribution in [2.45, 2.75) is 25.5 Å². The Bertz CT molecular complexity index is 470. The van der Waals surface area contributed by atoms with Crippen LogP contribution in [0.3, 0.4) is 0 Å². The maximum atomic E-state index is 11.7. The molecule has 6 heteroatoms. The lowest BCUT2D eigenvalue weighted by Crippen LogP contribution is -2.47. The second kappa shape index (κ2) is 7.64. The van der Waals surface area contributed by atoms with Crippen LogP contribution in [0.25, 0.3) is 0 Å². The SMILES string of the molecule is O=C(N[C@@H](C(=O)O)C1CCOCC1)OCc1ccccc1. The first-order chi connectivity index (χ1) is 10.2. The lowest BCUT2D eigenvalue weighted by atomic mass is 9.92. The topological polar surface area (TPSA) is 84.9 Å². The molecule has 6 nitrogen and oxygen atoms in total. The Labute approximate surface area is 123 Å². The van der Waals surface area contributed by atoms with Gasteiger partial charge in [-0.15, -0.1) is 0 Å². The van der Waals surface area contributed by atoms with Gasteiger partial charge in [-0.25, -0.2) is 9.59 Å². The van der Waals surface area contributed by atoms with Crippen molar-refractivity contribution in [2.75, 3.05) is 13.2 Å². The molecule has 0 aromatic heterocycles. The first-order valence-electron chi connectivity index (χ1n) is 6.94. The zero-order valence-corrected chi connectivity index (χ0v) is 11.7. The van der Waals surface area contributed by atoms with Crippen LogP contribution in [0.4, 0.5) is 4.79 Å². The van der Waals surface area contributed by atoms with Crippen LogP contribution in [-0.4, -0.2) is 36.4 Å². The van der Waals surface area contributed by atoms with Crippen molar-refractivity contribution in [1.82, 2.24) is 5.32 Å². The molecule has 1 amide bonds. The van der Waals surface area contributed by atoms with Crippen LogP contribution in [0, 0.1) is 5.92 Å².